The molecule has 1 fully saturated rings. The van der Waals surface area contributed by atoms with E-state index in [2.05, 4.69) is 20.6 Å². The first-order valence-corrected chi connectivity index (χ1v) is 10.9. The highest BCUT2D eigenvalue weighted by Crippen LogP contribution is 2.19. The summed E-state index contributed by atoms with van der Waals surface area (Å²) in [5, 5.41) is 6.71. The summed E-state index contributed by atoms with van der Waals surface area (Å²) in [4.78, 5) is 22.5. The molecular weight excluding hydrogens is 413 g/mol. The van der Waals surface area contributed by atoms with Gasteiger partial charge in [-0.1, -0.05) is 6.07 Å². The Bertz CT molecular complexity index is 882. The highest BCUT2D eigenvalue weighted by molar-refractivity contribution is 5.80. The van der Waals surface area contributed by atoms with Crippen molar-refractivity contribution in [1.29, 1.82) is 0 Å². The minimum absolute atomic E-state index is 0.239. The molecule has 0 atom stereocenters. The molecule has 0 spiro atoms. The van der Waals surface area contributed by atoms with Crippen molar-refractivity contribution < 1.29 is 18.7 Å². The molecule has 1 aliphatic rings. The predicted molar refractivity (Wildman–Crippen MR) is 120 cm³/mol. The van der Waals surface area contributed by atoms with Gasteiger partial charge in [0, 0.05) is 37.9 Å². The van der Waals surface area contributed by atoms with Gasteiger partial charge in [0.05, 0.1) is 13.2 Å². The van der Waals surface area contributed by atoms with E-state index in [4.69, 9.17) is 9.47 Å². The van der Waals surface area contributed by atoms with E-state index >= 15 is 0 Å². The number of carbonyl (C=O) groups excluding carboxylic acids is 1. The lowest BCUT2D eigenvalue weighted by Crippen LogP contribution is -2.49. The molecule has 1 saturated heterocycles. The number of hydrogen-bond acceptors (Lipinski definition) is 5. The molecule has 1 aromatic carbocycles. The van der Waals surface area contributed by atoms with Crippen molar-refractivity contribution in [3.8, 4) is 11.6 Å². The number of guanidine groups is 1. The van der Waals surface area contributed by atoms with Gasteiger partial charge in [0.2, 0.25) is 5.88 Å². The van der Waals surface area contributed by atoms with Gasteiger partial charge in [0.1, 0.15) is 11.6 Å². The van der Waals surface area contributed by atoms with Crippen LogP contribution in [0.4, 0.5) is 9.18 Å². The topological polar surface area (TPSA) is 88.1 Å². The maximum atomic E-state index is 13.0. The van der Waals surface area contributed by atoms with Gasteiger partial charge in [0.15, 0.2) is 5.96 Å². The van der Waals surface area contributed by atoms with Gasteiger partial charge in [-0.2, -0.15) is 0 Å². The second kappa shape index (κ2) is 11.9. The van der Waals surface area contributed by atoms with Crippen LogP contribution in [0, 0.1) is 5.82 Å². The molecule has 2 aromatic rings. The van der Waals surface area contributed by atoms with Crippen molar-refractivity contribution in [3.05, 3.63) is 54.0 Å². The summed E-state index contributed by atoms with van der Waals surface area (Å²) in [5.74, 6) is 1.38. The fourth-order valence-corrected chi connectivity index (χ4v) is 3.29. The van der Waals surface area contributed by atoms with E-state index in [1.807, 2.05) is 19.9 Å². The molecule has 1 aliphatic heterocycles. The molecule has 0 bridgehead atoms. The number of carbonyl (C=O) groups is 1. The van der Waals surface area contributed by atoms with Gasteiger partial charge in [-0.3, -0.25) is 0 Å². The number of aliphatic imine (C=N–C) groups is 1. The smallest absolute Gasteiger partial charge is 0.409 e. The van der Waals surface area contributed by atoms with Gasteiger partial charge in [-0.05, 0) is 56.5 Å². The number of ether oxygens (including phenoxy) is 2. The van der Waals surface area contributed by atoms with Crippen molar-refractivity contribution >= 4 is 12.1 Å². The Morgan fingerprint density at radius 1 is 1.19 bits per heavy atom. The van der Waals surface area contributed by atoms with Crippen LogP contribution in [0.5, 0.6) is 11.6 Å². The quantitative estimate of drug-likeness (QED) is 0.501. The second-order valence-electron chi connectivity index (χ2n) is 7.36. The number of nitrogens with one attached hydrogen (secondary N) is 2. The normalized spacial score (nSPS) is 14.7. The molecule has 172 valence electrons. The summed E-state index contributed by atoms with van der Waals surface area (Å²) in [6, 6.07) is 9.70. The Balaban J connectivity index is 1.51. The van der Waals surface area contributed by atoms with E-state index in [9.17, 15) is 9.18 Å². The fraction of sp³-hybridized carbons (Fsp3) is 0.435. The minimum Gasteiger partial charge on any atom is -0.450 e. The molecule has 2 N–H and O–H groups in total. The number of nitrogens with zero attached hydrogens (tertiary/aromatic N) is 3. The Hall–Kier alpha value is -3.36. The monoisotopic (exact) mass is 443 g/mol. The van der Waals surface area contributed by atoms with E-state index < -0.39 is 0 Å². The molecular formula is C23H30FN5O3. The third-order valence-electron chi connectivity index (χ3n) is 4.96. The van der Waals surface area contributed by atoms with Crippen LogP contribution in [-0.2, 0) is 11.3 Å². The molecule has 0 aliphatic carbocycles. The number of pyridine rings is 1. The third-order valence-corrected chi connectivity index (χ3v) is 4.96. The average molecular weight is 444 g/mol. The van der Waals surface area contributed by atoms with E-state index in [1.54, 1.807) is 29.3 Å². The zero-order valence-corrected chi connectivity index (χ0v) is 18.5. The molecule has 2 heterocycles. The van der Waals surface area contributed by atoms with Crippen LogP contribution in [0.25, 0.3) is 0 Å². The van der Waals surface area contributed by atoms with Crippen LogP contribution in [0.2, 0.25) is 0 Å². The number of likely N-dealkylation sites (tertiary alicyclic amines) is 1. The van der Waals surface area contributed by atoms with Crippen molar-refractivity contribution in [2.45, 2.75) is 39.3 Å². The van der Waals surface area contributed by atoms with Gasteiger partial charge in [-0.25, -0.2) is 19.2 Å². The first-order chi connectivity index (χ1) is 15.6. The third kappa shape index (κ3) is 7.11. The number of aromatic nitrogens is 1. The standard InChI is InChI=1S/C23H30FN5O3/c1-3-25-22(28-19-11-13-29(14-12-19)23(30)31-4-2)27-16-17-5-10-21(26-15-17)32-20-8-6-18(24)7-9-20/h5-10,15,19H,3-4,11-14,16H2,1-2H3,(H2,25,27,28). The largest absolute Gasteiger partial charge is 0.450 e. The van der Waals surface area contributed by atoms with Gasteiger partial charge < -0.3 is 25.0 Å². The van der Waals surface area contributed by atoms with Crippen LogP contribution >= 0.6 is 0 Å². The zero-order valence-electron chi connectivity index (χ0n) is 18.5. The fourth-order valence-electron chi connectivity index (χ4n) is 3.29. The van der Waals surface area contributed by atoms with Crippen molar-refractivity contribution in [2.24, 2.45) is 4.99 Å². The number of benzene rings is 1. The minimum atomic E-state index is -0.312. The molecule has 1 amide bonds. The van der Waals surface area contributed by atoms with Gasteiger partial charge in [0.25, 0.3) is 0 Å². The molecule has 8 nitrogen and oxygen atoms in total. The van der Waals surface area contributed by atoms with E-state index in [0.29, 0.717) is 37.9 Å². The first-order valence-electron chi connectivity index (χ1n) is 10.9. The van der Waals surface area contributed by atoms with Crippen molar-refractivity contribution in [1.82, 2.24) is 20.5 Å². The maximum absolute atomic E-state index is 13.0. The predicted octanol–water partition coefficient (Wildman–Crippen LogP) is 3.69. The highest BCUT2D eigenvalue weighted by Gasteiger charge is 2.24. The summed E-state index contributed by atoms with van der Waals surface area (Å²) >= 11 is 0. The number of rotatable bonds is 7. The van der Waals surface area contributed by atoms with Crippen LogP contribution in [0.1, 0.15) is 32.3 Å². The Morgan fingerprint density at radius 2 is 1.94 bits per heavy atom. The molecule has 0 unspecified atom stereocenters. The van der Waals surface area contributed by atoms with Crippen LogP contribution < -0.4 is 15.4 Å². The molecule has 0 saturated carbocycles. The number of hydrogen-bond donors (Lipinski definition) is 2. The lowest BCUT2D eigenvalue weighted by Gasteiger charge is -2.32. The van der Waals surface area contributed by atoms with Crippen LogP contribution in [-0.4, -0.2) is 54.2 Å². The average Bonchev–Trinajstić information content (AvgIpc) is 2.81. The van der Waals surface area contributed by atoms with Crippen LogP contribution in [0.3, 0.4) is 0 Å². The number of amides is 1. The summed E-state index contributed by atoms with van der Waals surface area (Å²) < 4.78 is 23.7. The Labute approximate surface area is 187 Å². The van der Waals surface area contributed by atoms with E-state index in [0.717, 1.165) is 30.9 Å². The van der Waals surface area contributed by atoms with Crippen LogP contribution in [0.15, 0.2) is 47.6 Å². The van der Waals surface area contributed by atoms with Crippen molar-refractivity contribution in [3.63, 3.8) is 0 Å². The van der Waals surface area contributed by atoms with E-state index in [1.165, 1.54) is 12.1 Å². The SMILES string of the molecule is CCNC(=NCc1ccc(Oc2ccc(F)cc2)nc1)NC1CCN(C(=O)OCC)CC1. The maximum Gasteiger partial charge on any atom is 0.409 e. The van der Waals surface area contributed by atoms with Gasteiger partial charge >= 0.3 is 6.09 Å². The van der Waals surface area contributed by atoms with Crippen molar-refractivity contribution in [2.75, 3.05) is 26.2 Å². The zero-order chi connectivity index (χ0) is 22.8. The Kier molecular flexibility index (Phi) is 8.65. The molecule has 3 rings (SSSR count). The summed E-state index contributed by atoms with van der Waals surface area (Å²) in [6.45, 7) is 6.75. The van der Waals surface area contributed by atoms with Gasteiger partial charge in [-0.15, -0.1) is 0 Å². The summed E-state index contributed by atoms with van der Waals surface area (Å²) in [6.07, 6.45) is 3.13. The summed E-state index contributed by atoms with van der Waals surface area (Å²) in [7, 11) is 0. The molecule has 9 heteroatoms. The molecule has 32 heavy (non-hydrogen) atoms. The number of halogens is 1. The highest BCUT2D eigenvalue weighted by atomic mass is 19.1. The second-order valence-corrected chi connectivity index (χ2v) is 7.36. The molecule has 0 radical (unpaired) electrons. The lowest BCUT2D eigenvalue weighted by molar-refractivity contribution is 0.0963. The first kappa shape index (κ1) is 23.3. The lowest BCUT2D eigenvalue weighted by atomic mass is 10.1. The summed E-state index contributed by atoms with van der Waals surface area (Å²) in [5.41, 5.74) is 0.936. The Morgan fingerprint density at radius 3 is 2.56 bits per heavy atom. The molecule has 1 aromatic heterocycles. The van der Waals surface area contributed by atoms with E-state index in [-0.39, 0.29) is 18.0 Å². The number of piperidine rings is 1.